The number of fused-ring (bicyclic) bond motifs is 1. The number of nitrogens with zero attached hydrogens (tertiary/aromatic N) is 2. The fraction of sp³-hybridized carbons (Fsp3) is 0.571. The number of piperidine rings is 1. The van der Waals surface area contributed by atoms with Crippen LogP contribution >= 0.6 is 11.3 Å². The number of aliphatic carboxylic acids is 1. The Morgan fingerprint density at radius 2 is 2.00 bits per heavy atom. The molecule has 1 N–H and O–H groups in total. The first kappa shape index (κ1) is 14.2. The van der Waals surface area contributed by atoms with Crippen molar-refractivity contribution in [3.8, 4) is 0 Å². The third kappa shape index (κ3) is 2.16. The second-order valence-corrected chi connectivity index (χ2v) is 6.99. The number of carbonyl (C=O) groups excluding carboxylic acids is 2. The molecule has 6 nitrogen and oxygen atoms in total. The van der Waals surface area contributed by atoms with Crippen LogP contribution in [0.25, 0.3) is 0 Å². The molecule has 2 atom stereocenters. The summed E-state index contributed by atoms with van der Waals surface area (Å²) in [4.78, 5) is 40.5. The topological polar surface area (TPSA) is 87.6 Å². The zero-order chi connectivity index (χ0) is 15.4. The number of thiazole rings is 1. The van der Waals surface area contributed by atoms with Gasteiger partial charge in [-0.15, -0.1) is 11.3 Å². The van der Waals surface area contributed by atoms with E-state index in [2.05, 4.69) is 4.98 Å². The summed E-state index contributed by atoms with van der Waals surface area (Å²) >= 11 is 1.26. The summed E-state index contributed by atoms with van der Waals surface area (Å²) in [5, 5.41) is 10.8. The van der Waals surface area contributed by atoms with E-state index in [4.69, 9.17) is 5.11 Å². The van der Waals surface area contributed by atoms with Crippen LogP contribution in [0.3, 0.4) is 0 Å². The first-order valence-corrected chi connectivity index (χ1v) is 7.76. The highest BCUT2D eigenvalue weighted by molar-refractivity contribution is 7.14. The average molecular weight is 308 g/mol. The van der Waals surface area contributed by atoms with Crippen LogP contribution in [0.15, 0.2) is 5.38 Å². The molecule has 1 aromatic heterocycles. The van der Waals surface area contributed by atoms with E-state index in [9.17, 15) is 14.4 Å². The van der Waals surface area contributed by atoms with E-state index in [0.29, 0.717) is 18.0 Å². The zero-order valence-electron chi connectivity index (χ0n) is 11.8. The lowest BCUT2D eigenvalue weighted by molar-refractivity contribution is -0.137. The quantitative estimate of drug-likeness (QED) is 0.836. The van der Waals surface area contributed by atoms with Crippen LogP contribution in [0.2, 0.25) is 0 Å². The number of aryl methyl sites for hydroxylation is 1. The van der Waals surface area contributed by atoms with Crippen LogP contribution in [0, 0.1) is 17.3 Å². The molecule has 2 heterocycles. The molecule has 0 aromatic carbocycles. The lowest BCUT2D eigenvalue weighted by atomic mass is 10.1. The third-order valence-electron chi connectivity index (χ3n) is 4.35. The molecule has 7 heteroatoms. The number of hydrogen-bond donors (Lipinski definition) is 1. The van der Waals surface area contributed by atoms with E-state index in [1.807, 2.05) is 13.8 Å². The third-order valence-corrected chi connectivity index (χ3v) is 5.23. The fourth-order valence-corrected chi connectivity index (χ4v) is 3.94. The van der Waals surface area contributed by atoms with Gasteiger partial charge in [-0.3, -0.25) is 14.4 Å². The van der Waals surface area contributed by atoms with Gasteiger partial charge in [-0.25, -0.2) is 9.88 Å². The van der Waals surface area contributed by atoms with E-state index in [1.54, 1.807) is 5.38 Å². The first-order valence-electron chi connectivity index (χ1n) is 6.88. The van der Waals surface area contributed by atoms with Crippen molar-refractivity contribution in [2.45, 2.75) is 33.1 Å². The number of carbonyl (C=O) groups is 3. The summed E-state index contributed by atoms with van der Waals surface area (Å²) in [6.45, 7) is 3.88. The van der Waals surface area contributed by atoms with E-state index in [1.165, 1.54) is 16.2 Å². The van der Waals surface area contributed by atoms with Gasteiger partial charge < -0.3 is 5.11 Å². The van der Waals surface area contributed by atoms with Crippen LogP contribution in [0.5, 0.6) is 0 Å². The van der Waals surface area contributed by atoms with E-state index >= 15 is 0 Å². The van der Waals surface area contributed by atoms with Crippen molar-refractivity contribution >= 4 is 34.3 Å². The van der Waals surface area contributed by atoms with Crippen molar-refractivity contribution in [1.29, 1.82) is 0 Å². The SMILES string of the molecule is CC1(C)C2C(=O)N(c3nc(CCCC(=O)O)cs3)C(=O)C21. The summed E-state index contributed by atoms with van der Waals surface area (Å²) in [7, 11) is 0. The van der Waals surface area contributed by atoms with Crippen LogP contribution in [0.1, 0.15) is 32.4 Å². The molecule has 2 fully saturated rings. The van der Waals surface area contributed by atoms with E-state index in [0.717, 1.165) is 5.69 Å². The Labute approximate surface area is 125 Å². The number of anilines is 1. The van der Waals surface area contributed by atoms with Gasteiger partial charge in [0, 0.05) is 11.8 Å². The summed E-state index contributed by atoms with van der Waals surface area (Å²) in [6.07, 6.45) is 1.13. The number of amides is 2. The maximum Gasteiger partial charge on any atom is 0.303 e. The van der Waals surface area contributed by atoms with Crippen LogP contribution < -0.4 is 4.90 Å². The summed E-state index contributed by atoms with van der Waals surface area (Å²) < 4.78 is 0. The fourth-order valence-electron chi connectivity index (χ4n) is 3.07. The molecule has 2 unspecified atom stereocenters. The molecule has 2 aliphatic rings. The van der Waals surface area contributed by atoms with E-state index < -0.39 is 5.97 Å². The van der Waals surface area contributed by atoms with Gasteiger partial charge in [0.05, 0.1) is 17.5 Å². The highest BCUT2D eigenvalue weighted by atomic mass is 32.1. The Bertz CT molecular complexity index is 613. The second-order valence-electron chi connectivity index (χ2n) is 6.16. The van der Waals surface area contributed by atoms with Gasteiger partial charge in [0.25, 0.3) is 0 Å². The van der Waals surface area contributed by atoms with Gasteiger partial charge in [0.2, 0.25) is 11.8 Å². The number of carboxylic acids is 1. The Balaban J connectivity index is 1.69. The van der Waals surface area contributed by atoms with Gasteiger partial charge in [-0.2, -0.15) is 0 Å². The Morgan fingerprint density at radius 1 is 1.38 bits per heavy atom. The minimum Gasteiger partial charge on any atom is -0.481 e. The number of rotatable bonds is 5. The molecular formula is C14H16N2O4S. The second kappa shape index (κ2) is 4.62. The predicted octanol–water partition coefficient (Wildman–Crippen LogP) is 1.70. The number of carboxylic acid groups (broad SMARTS) is 1. The number of hydrogen-bond acceptors (Lipinski definition) is 5. The van der Waals surface area contributed by atoms with Crippen molar-refractivity contribution < 1.29 is 19.5 Å². The standard InChI is InChI=1S/C14H16N2O4S/c1-14(2)9-10(14)12(20)16(11(9)19)13-15-7(6-21-13)4-3-5-8(17)18/h6,9-10H,3-5H2,1-2H3,(H,17,18). The van der Waals surface area contributed by atoms with Gasteiger partial charge >= 0.3 is 5.97 Å². The van der Waals surface area contributed by atoms with Gasteiger partial charge in [-0.05, 0) is 18.3 Å². The van der Waals surface area contributed by atoms with Crippen molar-refractivity contribution in [3.63, 3.8) is 0 Å². The van der Waals surface area contributed by atoms with Crippen LogP contribution in [-0.4, -0.2) is 27.9 Å². The normalized spacial score (nSPS) is 26.1. The Hall–Kier alpha value is -1.76. The van der Waals surface area contributed by atoms with Crippen molar-refractivity contribution in [1.82, 2.24) is 4.98 Å². The Kier molecular flexibility index (Phi) is 3.12. The highest BCUT2D eigenvalue weighted by Crippen LogP contribution is 2.63. The monoisotopic (exact) mass is 308 g/mol. The molecule has 3 rings (SSSR count). The summed E-state index contributed by atoms with van der Waals surface area (Å²) in [5.41, 5.74) is 0.517. The largest absolute Gasteiger partial charge is 0.481 e. The van der Waals surface area contributed by atoms with Gasteiger partial charge in [-0.1, -0.05) is 13.8 Å². The lowest BCUT2D eigenvalue weighted by Crippen LogP contribution is -2.36. The lowest BCUT2D eigenvalue weighted by Gasteiger charge is -2.17. The molecule has 1 saturated heterocycles. The molecule has 0 bridgehead atoms. The van der Waals surface area contributed by atoms with Gasteiger partial charge in [0.1, 0.15) is 0 Å². The summed E-state index contributed by atoms with van der Waals surface area (Å²) in [6, 6.07) is 0. The molecule has 1 aromatic rings. The Morgan fingerprint density at radius 3 is 2.57 bits per heavy atom. The molecule has 2 amide bonds. The first-order chi connectivity index (χ1) is 9.84. The minimum absolute atomic E-state index is 0.0901. The maximum atomic E-state index is 12.3. The molecule has 1 aliphatic heterocycles. The van der Waals surface area contributed by atoms with Crippen molar-refractivity contribution in [2.24, 2.45) is 17.3 Å². The van der Waals surface area contributed by atoms with E-state index in [-0.39, 0.29) is 35.5 Å². The molecule has 0 radical (unpaired) electrons. The smallest absolute Gasteiger partial charge is 0.303 e. The number of aromatic nitrogens is 1. The van der Waals surface area contributed by atoms with Crippen LogP contribution in [0.4, 0.5) is 5.13 Å². The number of imide groups is 1. The molecule has 1 aliphatic carbocycles. The predicted molar refractivity (Wildman–Crippen MR) is 75.9 cm³/mol. The van der Waals surface area contributed by atoms with Gasteiger partial charge in [0.15, 0.2) is 5.13 Å². The summed E-state index contributed by atoms with van der Waals surface area (Å²) in [5.74, 6) is -1.55. The highest BCUT2D eigenvalue weighted by Gasteiger charge is 2.73. The zero-order valence-corrected chi connectivity index (χ0v) is 12.6. The molecule has 1 saturated carbocycles. The van der Waals surface area contributed by atoms with Crippen LogP contribution in [-0.2, 0) is 20.8 Å². The molecule has 21 heavy (non-hydrogen) atoms. The maximum absolute atomic E-state index is 12.3. The van der Waals surface area contributed by atoms with Crippen molar-refractivity contribution in [3.05, 3.63) is 11.1 Å². The average Bonchev–Trinajstić information content (AvgIpc) is 2.71. The minimum atomic E-state index is -0.835. The molecule has 0 spiro atoms. The van der Waals surface area contributed by atoms with Crippen molar-refractivity contribution in [2.75, 3.05) is 4.90 Å². The molecule has 112 valence electrons. The molecular weight excluding hydrogens is 292 g/mol.